The number of rotatable bonds is 7. The summed E-state index contributed by atoms with van der Waals surface area (Å²) in [6, 6.07) is 19.2. The smallest absolute Gasteiger partial charge is 0.406 e. The van der Waals surface area contributed by atoms with E-state index in [1.807, 2.05) is 38.1 Å². The van der Waals surface area contributed by atoms with Crippen molar-refractivity contribution >= 4 is 40.3 Å². The van der Waals surface area contributed by atoms with Crippen molar-refractivity contribution in [2.24, 2.45) is 10.1 Å². The van der Waals surface area contributed by atoms with Crippen molar-refractivity contribution in [1.29, 1.82) is 0 Å². The number of alkyl halides is 3. The number of aromatic nitrogens is 3. The van der Waals surface area contributed by atoms with Gasteiger partial charge in [0, 0.05) is 5.56 Å². The molecule has 1 N–H and O–H groups in total. The summed E-state index contributed by atoms with van der Waals surface area (Å²) in [7, 11) is 0. The lowest BCUT2D eigenvalue weighted by Crippen LogP contribution is -2.31. The summed E-state index contributed by atoms with van der Waals surface area (Å²) in [5.41, 5.74) is 6.54. The number of halogens is 3. The maximum absolute atomic E-state index is 12.7. The van der Waals surface area contributed by atoms with Gasteiger partial charge < -0.3 is 4.74 Å². The van der Waals surface area contributed by atoms with Crippen molar-refractivity contribution in [3.63, 3.8) is 0 Å². The van der Waals surface area contributed by atoms with E-state index >= 15 is 0 Å². The largest absolute Gasteiger partial charge is 0.573 e. The molecule has 1 aliphatic rings. The highest BCUT2D eigenvalue weighted by Crippen LogP contribution is 2.33. The molecule has 3 aromatic carbocycles. The molecule has 0 saturated carbocycles. The lowest BCUT2D eigenvalue weighted by molar-refractivity contribution is -0.274. The van der Waals surface area contributed by atoms with E-state index in [0.717, 1.165) is 11.1 Å². The first-order valence-corrected chi connectivity index (χ1v) is 14.3. The molecule has 1 saturated heterocycles. The summed E-state index contributed by atoms with van der Waals surface area (Å²) in [6.07, 6.45) is -3.32. The van der Waals surface area contributed by atoms with Gasteiger partial charge in [-0.1, -0.05) is 68.1 Å². The SMILES string of the molecule is C/C(=N\NC(=O)/N=C1\SCC(=O)N1c1ccccc1C(C)C)c1ccc(-c2ncn(-c3ccc(OC(F)(F)F)cc3)n2)cc1. The molecule has 0 spiro atoms. The number of hydrogen-bond donors (Lipinski definition) is 1. The van der Waals surface area contributed by atoms with E-state index in [0.29, 0.717) is 28.5 Å². The fraction of sp³-hybridized carbons (Fsp3) is 0.200. The Bertz CT molecular complexity index is 1730. The number of aliphatic imine (C=N–C) groups is 1. The Morgan fingerprint density at radius 3 is 2.43 bits per heavy atom. The van der Waals surface area contributed by atoms with Gasteiger partial charge in [0.15, 0.2) is 11.0 Å². The van der Waals surface area contributed by atoms with Crippen molar-refractivity contribution in [1.82, 2.24) is 20.2 Å². The first-order chi connectivity index (χ1) is 21.0. The Hall–Kier alpha value is -4.98. The number of hydrogen-bond acceptors (Lipinski definition) is 7. The van der Waals surface area contributed by atoms with Gasteiger partial charge >= 0.3 is 12.4 Å². The number of carbonyl (C=O) groups excluding carboxylic acids is 2. The zero-order valence-electron chi connectivity index (χ0n) is 23.7. The Labute approximate surface area is 254 Å². The van der Waals surface area contributed by atoms with Crippen LogP contribution in [0.1, 0.15) is 37.8 Å². The zero-order chi connectivity index (χ0) is 31.4. The molecule has 0 atom stereocenters. The summed E-state index contributed by atoms with van der Waals surface area (Å²) >= 11 is 1.19. The number of carbonyl (C=O) groups is 2. The van der Waals surface area contributed by atoms with Crippen LogP contribution in [0.4, 0.5) is 23.7 Å². The number of amides is 3. The van der Waals surface area contributed by atoms with Gasteiger partial charge in [-0.25, -0.2) is 19.9 Å². The molecular formula is C30H26F3N7O3S. The average Bonchev–Trinajstić information content (AvgIpc) is 3.62. The number of thioether (sulfide) groups is 1. The first-order valence-electron chi connectivity index (χ1n) is 13.3. The van der Waals surface area contributed by atoms with Crippen molar-refractivity contribution in [2.75, 3.05) is 10.7 Å². The van der Waals surface area contributed by atoms with Gasteiger partial charge in [-0.2, -0.15) is 10.1 Å². The summed E-state index contributed by atoms with van der Waals surface area (Å²) < 4.78 is 42.5. The normalized spacial score (nSPS) is 14.9. The predicted octanol–water partition coefficient (Wildman–Crippen LogP) is 6.53. The molecule has 10 nitrogen and oxygen atoms in total. The molecule has 4 aromatic rings. The highest BCUT2D eigenvalue weighted by atomic mass is 32.2. The van der Waals surface area contributed by atoms with Gasteiger partial charge in [-0.15, -0.1) is 18.3 Å². The quantitative estimate of drug-likeness (QED) is 0.186. The monoisotopic (exact) mass is 621 g/mol. The highest BCUT2D eigenvalue weighted by molar-refractivity contribution is 8.15. The Balaban J connectivity index is 1.24. The molecule has 44 heavy (non-hydrogen) atoms. The van der Waals surface area contributed by atoms with Crippen LogP contribution in [-0.2, 0) is 4.79 Å². The van der Waals surface area contributed by atoms with Crippen LogP contribution in [0.15, 0.2) is 89.2 Å². The second-order valence-corrected chi connectivity index (χ2v) is 10.8. The molecule has 1 fully saturated rings. The maximum Gasteiger partial charge on any atom is 0.573 e. The van der Waals surface area contributed by atoms with E-state index in [9.17, 15) is 22.8 Å². The number of nitrogens with zero attached hydrogens (tertiary/aromatic N) is 6. The van der Waals surface area contributed by atoms with Crippen LogP contribution in [0.3, 0.4) is 0 Å². The average molecular weight is 622 g/mol. The fourth-order valence-corrected chi connectivity index (χ4v) is 5.21. The van der Waals surface area contributed by atoms with E-state index in [1.165, 1.54) is 51.9 Å². The first kappa shape index (κ1) is 30.5. The van der Waals surface area contributed by atoms with Crippen LogP contribution in [-0.4, -0.2) is 49.7 Å². The number of hydrazone groups is 1. The fourth-order valence-electron chi connectivity index (χ4n) is 4.35. The summed E-state index contributed by atoms with van der Waals surface area (Å²) in [5.74, 6) is 0.274. The van der Waals surface area contributed by atoms with E-state index in [-0.39, 0.29) is 28.5 Å². The van der Waals surface area contributed by atoms with Crippen LogP contribution in [0.2, 0.25) is 0 Å². The van der Waals surface area contributed by atoms with Crippen molar-refractivity contribution in [2.45, 2.75) is 33.1 Å². The van der Waals surface area contributed by atoms with Crippen LogP contribution in [0.25, 0.3) is 17.1 Å². The van der Waals surface area contributed by atoms with E-state index in [4.69, 9.17) is 0 Å². The van der Waals surface area contributed by atoms with Gasteiger partial charge in [-0.05, 0) is 54.3 Å². The number of amidine groups is 1. The molecule has 1 aliphatic heterocycles. The lowest BCUT2D eigenvalue weighted by atomic mass is 10.0. The Kier molecular flexibility index (Phi) is 8.81. The van der Waals surface area contributed by atoms with E-state index < -0.39 is 12.4 Å². The Morgan fingerprint density at radius 2 is 1.75 bits per heavy atom. The molecule has 0 radical (unpaired) electrons. The third kappa shape index (κ3) is 7.14. The van der Waals surface area contributed by atoms with Gasteiger partial charge in [0.05, 0.1) is 22.8 Å². The minimum atomic E-state index is -4.77. The minimum absolute atomic E-state index is 0.151. The van der Waals surface area contributed by atoms with Crippen LogP contribution < -0.4 is 15.1 Å². The molecule has 14 heteroatoms. The van der Waals surface area contributed by atoms with Crippen molar-refractivity contribution < 1.29 is 27.5 Å². The number of anilines is 1. The number of ether oxygens (including phenoxy) is 1. The predicted molar refractivity (Wildman–Crippen MR) is 162 cm³/mol. The number of para-hydroxylation sites is 1. The Morgan fingerprint density at radius 1 is 1.05 bits per heavy atom. The number of nitrogens with one attached hydrogen (secondary N) is 1. The molecule has 0 unspecified atom stereocenters. The zero-order valence-corrected chi connectivity index (χ0v) is 24.6. The van der Waals surface area contributed by atoms with Gasteiger partial charge in [0.1, 0.15) is 12.1 Å². The van der Waals surface area contributed by atoms with Crippen LogP contribution >= 0.6 is 11.8 Å². The number of benzene rings is 3. The van der Waals surface area contributed by atoms with Crippen molar-refractivity contribution in [3.8, 4) is 22.8 Å². The van der Waals surface area contributed by atoms with E-state index in [2.05, 4.69) is 30.3 Å². The van der Waals surface area contributed by atoms with Crippen LogP contribution in [0, 0.1) is 0 Å². The molecule has 5 rings (SSSR count). The third-order valence-electron chi connectivity index (χ3n) is 6.47. The molecule has 1 aromatic heterocycles. The topological polar surface area (TPSA) is 114 Å². The molecule has 3 amide bonds. The van der Waals surface area contributed by atoms with E-state index in [1.54, 1.807) is 31.2 Å². The molecule has 226 valence electrons. The lowest BCUT2D eigenvalue weighted by Gasteiger charge is -2.21. The molecule has 2 heterocycles. The summed E-state index contributed by atoms with van der Waals surface area (Å²) in [4.78, 5) is 35.2. The minimum Gasteiger partial charge on any atom is -0.406 e. The summed E-state index contributed by atoms with van der Waals surface area (Å²) in [5, 5.41) is 8.84. The summed E-state index contributed by atoms with van der Waals surface area (Å²) in [6.45, 7) is 5.79. The second kappa shape index (κ2) is 12.7. The standard InChI is InChI=1S/C30H26F3N7O3S/c1-18(2)24-6-4-5-7-25(24)40-26(41)16-44-29(40)35-28(42)37-36-19(3)20-8-10-21(11-9-20)27-34-17-39(38-27)22-12-14-23(15-13-22)43-30(31,32)33/h4-15,17-18H,16H2,1-3H3,(H,37,42)/b35-29-,36-19+. The third-order valence-corrected chi connectivity index (χ3v) is 7.39. The second-order valence-electron chi connectivity index (χ2n) is 9.87. The highest BCUT2D eigenvalue weighted by Gasteiger charge is 2.32. The molecule has 0 aliphatic carbocycles. The van der Waals surface area contributed by atoms with Gasteiger partial charge in [-0.3, -0.25) is 9.69 Å². The number of urea groups is 1. The van der Waals surface area contributed by atoms with Gasteiger partial charge in [0.25, 0.3) is 0 Å². The van der Waals surface area contributed by atoms with Crippen molar-refractivity contribution in [3.05, 3.63) is 90.3 Å². The molecular weight excluding hydrogens is 595 g/mol. The maximum atomic E-state index is 12.7. The van der Waals surface area contributed by atoms with Gasteiger partial charge in [0.2, 0.25) is 5.91 Å². The van der Waals surface area contributed by atoms with Crippen LogP contribution in [0.5, 0.6) is 5.75 Å². The molecule has 0 bridgehead atoms.